The molecule has 0 bridgehead atoms. The molecule has 0 atom stereocenters. The van der Waals surface area contributed by atoms with Crippen LogP contribution >= 0.6 is 0 Å². The average Bonchev–Trinajstić information content (AvgIpc) is 2.43. The molecule has 0 saturated heterocycles. The molecule has 2 aromatic rings. The van der Waals surface area contributed by atoms with Gasteiger partial charge < -0.3 is 0 Å². The molecule has 0 spiro atoms. The summed E-state index contributed by atoms with van der Waals surface area (Å²) in [7, 11) is 0. The second-order valence-corrected chi connectivity index (χ2v) is 4.06. The van der Waals surface area contributed by atoms with E-state index < -0.39 is 0 Å². The van der Waals surface area contributed by atoms with E-state index in [0.717, 1.165) is 5.56 Å². The number of hydrogen-bond donors (Lipinski definition) is 0. The van der Waals surface area contributed by atoms with Gasteiger partial charge in [0.05, 0.1) is 0 Å². The van der Waals surface area contributed by atoms with Gasteiger partial charge in [-0.15, -0.1) is 0 Å². The van der Waals surface area contributed by atoms with Gasteiger partial charge in [-0.3, -0.25) is 4.79 Å². The van der Waals surface area contributed by atoms with E-state index in [1.165, 1.54) is 16.3 Å². The number of carbonyl (C=O) groups is 1. The summed E-state index contributed by atoms with van der Waals surface area (Å²) in [5.74, 6) is 0.210. The molecule has 2 aromatic carbocycles. The van der Waals surface area contributed by atoms with Gasteiger partial charge >= 0.3 is 0 Å². The van der Waals surface area contributed by atoms with Gasteiger partial charge in [-0.25, -0.2) is 0 Å². The molecule has 0 amide bonds. The molecule has 0 heterocycles. The fraction of sp³-hybridized carbons (Fsp3) is 0.389. The van der Waals surface area contributed by atoms with Gasteiger partial charge in [-0.2, -0.15) is 0 Å². The summed E-state index contributed by atoms with van der Waals surface area (Å²) in [6.07, 6.45) is 0.532. The third-order valence-corrected chi connectivity index (χ3v) is 2.51. The molecule has 1 heteroatoms. The molecule has 0 saturated carbocycles. The number of hydrogen-bond acceptors (Lipinski definition) is 1. The van der Waals surface area contributed by atoms with Crippen LogP contribution in [0.15, 0.2) is 36.4 Å². The number of ketones is 1. The Bertz CT molecular complexity index is 512. The minimum absolute atomic E-state index is 0.210. The summed E-state index contributed by atoms with van der Waals surface area (Å²) in [5, 5.41) is 2.45. The zero-order valence-electron chi connectivity index (χ0n) is 13.1. The number of rotatable bonds is 2. The van der Waals surface area contributed by atoms with E-state index in [1.807, 2.05) is 33.8 Å². The molecule has 0 aliphatic rings. The Balaban J connectivity index is 0.000000741. The third kappa shape index (κ3) is 5.69. The van der Waals surface area contributed by atoms with Crippen molar-refractivity contribution in [1.29, 1.82) is 0 Å². The van der Waals surface area contributed by atoms with Gasteiger partial charge in [0.25, 0.3) is 0 Å². The standard InChI is InChI=1S/C14H14O.2C2H6/c1-10-3-5-14-9-12(8-11(2)15)4-6-13(14)7-10;2*1-2/h3-7,9H,8H2,1-2H3;2*1-2H3. The molecule has 104 valence electrons. The maximum atomic E-state index is 11.0. The molecular formula is C18H26O. The minimum atomic E-state index is 0.210. The van der Waals surface area contributed by atoms with Crippen molar-refractivity contribution in [3.8, 4) is 0 Å². The highest BCUT2D eigenvalue weighted by atomic mass is 16.1. The van der Waals surface area contributed by atoms with Gasteiger partial charge in [0, 0.05) is 6.42 Å². The fourth-order valence-corrected chi connectivity index (χ4v) is 1.81. The number of fused-ring (bicyclic) bond motifs is 1. The van der Waals surface area contributed by atoms with Crippen LogP contribution < -0.4 is 0 Å². The Morgan fingerprint density at radius 1 is 0.895 bits per heavy atom. The number of Topliss-reactive ketones (excluding diaryl/α,β-unsaturated/α-hetero) is 1. The van der Waals surface area contributed by atoms with Crippen molar-refractivity contribution in [2.45, 2.75) is 48.0 Å². The lowest BCUT2D eigenvalue weighted by Crippen LogP contribution is -1.95. The number of aryl methyl sites for hydroxylation is 1. The monoisotopic (exact) mass is 258 g/mol. The lowest BCUT2D eigenvalue weighted by molar-refractivity contribution is -0.116. The van der Waals surface area contributed by atoms with E-state index >= 15 is 0 Å². The van der Waals surface area contributed by atoms with Gasteiger partial charge in [0.2, 0.25) is 0 Å². The molecule has 0 fully saturated rings. The van der Waals surface area contributed by atoms with Gasteiger partial charge in [0.15, 0.2) is 0 Å². The van der Waals surface area contributed by atoms with Crippen molar-refractivity contribution in [1.82, 2.24) is 0 Å². The van der Waals surface area contributed by atoms with Crippen LogP contribution in [0.1, 0.15) is 45.7 Å². The van der Waals surface area contributed by atoms with E-state index in [-0.39, 0.29) is 5.78 Å². The third-order valence-electron chi connectivity index (χ3n) is 2.51. The normalized spacial score (nSPS) is 8.95. The van der Waals surface area contributed by atoms with Gasteiger partial charge in [-0.05, 0) is 30.2 Å². The maximum absolute atomic E-state index is 11.0. The topological polar surface area (TPSA) is 17.1 Å². The maximum Gasteiger partial charge on any atom is 0.134 e. The smallest absolute Gasteiger partial charge is 0.134 e. The molecule has 19 heavy (non-hydrogen) atoms. The fourth-order valence-electron chi connectivity index (χ4n) is 1.81. The Kier molecular flexibility index (Phi) is 8.52. The van der Waals surface area contributed by atoms with E-state index in [0.29, 0.717) is 6.42 Å². The van der Waals surface area contributed by atoms with Crippen LogP contribution in [0.5, 0.6) is 0 Å². The molecular weight excluding hydrogens is 232 g/mol. The SMILES string of the molecule is CC.CC.CC(=O)Cc1ccc2cc(C)ccc2c1. The van der Waals surface area contributed by atoms with E-state index in [4.69, 9.17) is 0 Å². The first-order valence-corrected chi connectivity index (χ1v) is 7.14. The molecule has 0 N–H and O–H groups in total. The summed E-state index contributed by atoms with van der Waals surface area (Å²) in [5.41, 5.74) is 2.36. The second-order valence-electron chi connectivity index (χ2n) is 4.06. The van der Waals surface area contributed by atoms with Crippen molar-refractivity contribution in [2.24, 2.45) is 0 Å². The first-order valence-electron chi connectivity index (χ1n) is 7.14. The highest BCUT2D eigenvalue weighted by molar-refractivity contribution is 5.85. The predicted octanol–water partition coefficient (Wildman–Crippen LogP) is 5.33. The molecule has 0 aliphatic carbocycles. The van der Waals surface area contributed by atoms with Crippen LogP contribution in [0.3, 0.4) is 0 Å². The highest BCUT2D eigenvalue weighted by Gasteiger charge is 1.99. The van der Waals surface area contributed by atoms with Crippen LogP contribution in [0, 0.1) is 6.92 Å². The molecule has 2 rings (SSSR count). The molecule has 0 aromatic heterocycles. The van der Waals surface area contributed by atoms with Crippen molar-refractivity contribution in [3.63, 3.8) is 0 Å². The van der Waals surface area contributed by atoms with Gasteiger partial charge in [-0.1, -0.05) is 69.7 Å². The number of carbonyl (C=O) groups excluding carboxylic acids is 1. The van der Waals surface area contributed by atoms with E-state index in [9.17, 15) is 4.79 Å². The summed E-state index contributed by atoms with van der Waals surface area (Å²) in [4.78, 5) is 11.0. The van der Waals surface area contributed by atoms with Crippen LogP contribution in [0.25, 0.3) is 10.8 Å². The Morgan fingerprint density at radius 3 is 2.00 bits per heavy atom. The summed E-state index contributed by atoms with van der Waals surface area (Å²) in [6.45, 7) is 11.7. The molecule has 0 aliphatic heterocycles. The lowest BCUT2D eigenvalue weighted by atomic mass is 10.0. The van der Waals surface area contributed by atoms with Crippen molar-refractivity contribution < 1.29 is 4.79 Å². The Hall–Kier alpha value is -1.63. The van der Waals surface area contributed by atoms with Crippen molar-refractivity contribution >= 4 is 16.6 Å². The molecule has 1 nitrogen and oxygen atoms in total. The van der Waals surface area contributed by atoms with Crippen molar-refractivity contribution in [2.75, 3.05) is 0 Å². The Labute approximate surface area is 117 Å². The molecule has 0 radical (unpaired) electrons. The first kappa shape index (κ1) is 17.4. The zero-order chi connectivity index (χ0) is 14.8. The largest absolute Gasteiger partial charge is 0.300 e. The van der Waals surface area contributed by atoms with Crippen molar-refractivity contribution in [3.05, 3.63) is 47.5 Å². The van der Waals surface area contributed by atoms with Crippen LogP contribution in [0.4, 0.5) is 0 Å². The van der Waals surface area contributed by atoms with E-state index in [2.05, 4.69) is 37.3 Å². The zero-order valence-corrected chi connectivity index (χ0v) is 13.1. The summed E-state index contributed by atoms with van der Waals surface area (Å²) in [6, 6.07) is 12.6. The van der Waals surface area contributed by atoms with Gasteiger partial charge in [0.1, 0.15) is 5.78 Å². The van der Waals surface area contributed by atoms with E-state index in [1.54, 1.807) is 6.92 Å². The predicted molar refractivity (Wildman–Crippen MR) is 85.8 cm³/mol. The van der Waals surface area contributed by atoms with Crippen LogP contribution in [-0.2, 0) is 11.2 Å². The first-order chi connectivity index (χ1) is 9.15. The summed E-state index contributed by atoms with van der Waals surface area (Å²) >= 11 is 0. The average molecular weight is 258 g/mol. The Morgan fingerprint density at radius 2 is 1.42 bits per heavy atom. The summed E-state index contributed by atoms with van der Waals surface area (Å²) < 4.78 is 0. The molecule has 0 unspecified atom stereocenters. The number of benzene rings is 2. The highest BCUT2D eigenvalue weighted by Crippen LogP contribution is 2.18. The quantitative estimate of drug-likeness (QED) is 0.711. The second kappa shape index (κ2) is 9.32. The van der Waals surface area contributed by atoms with Crippen LogP contribution in [0.2, 0.25) is 0 Å². The minimum Gasteiger partial charge on any atom is -0.300 e. The van der Waals surface area contributed by atoms with Crippen LogP contribution in [-0.4, -0.2) is 5.78 Å². The lowest BCUT2D eigenvalue weighted by Gasteiger charge is -2.02.